The quantitative estimate of drug-likeness (QED) is 0.722. The minimum absolute atomic E-state index is 0.238. The Morgan fingerprint density at radius 2 is 2.00 bits per heavy atom. The number of hydrogen-bond acceptors (Lipinski definition) is 5. The molecule has 3 rings (SSSR count). The lowest BCUT2D eigenvalue weighted by Crippen LogP contribution is -2.51. The first-order valence-electron chi connectivity index (χ1n) is 9.31. The van der Waals surface area contributed by atoms with Gasteiger partial charge in [-0.15, -0.1) is 0 Å². The SMILES string of the molecule is COc1ccccc1C[C@@]1(C)NC(=O)N(CC(=O)NC2(C#N)CCCC2)C1=O. The van der Waals surface area contributed by atoms with E-state index >= 15 is 0 Å². The van der Waals surface area contributed by atoms with E-state index in [9.17, 15) is 19.6 Å². The van der Waals surface area contributed by atoms with Gasteiger partial charge in [0.25, 0.3) is 5.91 Å². The van der Waals surface area contributed by atoms with E-state index in [-0.39, 0.29) is 6.42 Å². The van der Waals surface area contributed by atoms with Crippen LogP contribution < -0.4 is 15.4 Å². The molecule has 0 unspecified atom stereocenters. The Hall–Kier alpha value is -3.08. The van der Waals surface area contributed by atoms with E-state index in [0.29, 0.717) is 18.6 Å². The second kappa shape index (κ2) is 7.50. The van der Waals surface area contributed by atoms with Gasteiger partial charge in [-0.05, 0) is 44.2 Å². The van der Waals surface area contributed by atoms with Crippen LogP contribution in [0.25, 0.3) is 0 Å². The minimum atomic E-state index is -1.17. The van der Waals surface area contributed by atoms with Crippen LogP contribution in [0.5, 0.6) is 5.75 Å². The van der Waals surface area contributed by atoms with Crippen molar-refractivity contribution in [3.63, 3.8) is 0 Å². The fourth-order valence-electron chi connectivity index (χ4n) is 3.93. The first-order valence-corrected chi connectivity index (χ1v) is 9.31. The van der Waals surface area contributed by atoms with Crippen LogP contribution >= 0.6 is 0 Å². The van der Waals surface area contributed by atoms with E-state index in [4.69, 9.17) is 4.74 Å². The fraction of sp³-hybridized carbons (Fsp3) is 0.500. The first-order chi connectivity index (χ1) is 13.3. The van der Waals surface area contributed by atoms with E-state index in [1.807, 2.05) is 18.2 Å². The van der Waals surface area contributed by atoms with E-state index in [2.05, 4.69) is 16.7 Å². The summed E-state index contributed by atoms with van der Waals surface area (Å²) in [5.41, 5.74) is -1.29. The summed E-state index contributed by atoms with van der Waals surface area (Å²) in [5.74, 6) is -0.358. The first kappa shape index (κ1) is 19.7. The summed E-state index contributed by atoms with van der Waals surface area (Å²) in [5, 5.41) is 14.8. The summed E-state index contributed by atoms with van der Waals surface area (Å²) in [6, 6.07) is 8.82. The molecule has 1 heterocycles. The van der Waals surface area contributed by atoms with Crippen LogP contribution in [-0.4, -0.2) is 47.5 Å². The second-order valence-corrected chi connectivity index (χ2v) is 7.59. The zero-order valence-corrected chi connectivity index (χ0v) is 16.1. The Balaban J connectivity index is 1.71. The highest BCUT2D eigenvalue weighted by atomic mass is 16.5. The molecule has 1 aliphatic carbocycles. The maximum Gasteiger partial charge on any atom is 0.325 e. The molecule has 1 aromatic carbocycles. The van der Waals surface area contributed by atoms with Crippen molar-refractivity contribution < 1.29 is 19.1 Å². The molecular formula is C20H24N4O4. The molecule has 1 atom stereocenters. The Bertz CT molecular complexity index is 841. The van der Waals surface area contributed by atoms with Crippen LogP contribution in [-0.2, 0) is 16.0 Å². The summed E-state index contributed by atoms with van der Waals surface area (Å²) < 4.78 is 5.32. The smallest absolute Gasteiger partial charge is 0.325 e. The molecular weight excluding hydrogens is 360 g/mol. The minimum Gasteiger partial charge on any atom is -0.496 e. The molecule has 2 N–H and O–H groups in total. The highest BCUT2D eigenvalue weighted by molar-refractivity contribution is 6.09. The molecule has 2 aliphatic rings. The third-order valence-electron chi connectivity index (χ3n) is 5.43. The molecule has 0 bridgehead atoms. The lowest BCUT2D eigenvalue weighted by molar-refractivity contribution is -0.135. The number of amides is 4. The number of carbonyl (C=O) groups is 3. The lowest BCUT2D eigenvalue weighted by atomic mass is 9.92. The Kier molecular flexibility index (Phi) is 5.27. The van der Waals surface area contributed by atoms with Crippen molar-refractivity contribution in [1.82, 2.24) is 15.5 Å². The molecule has 2 fully saturated rings. The molecule has 8 heteroatoms. The number of ether oxygens (including phenoxy) is 1. The number of rotatable bonds is 6. The Labute approximate surface area is 163 Å². The number of benzene rings is 1. The van der Waals surface area contributed by atoms with E-state index in [1.165, 1.54) is 0 Å². The zero-order valence-electron chi connectivity index (χ0n) is 16.1. The van der Waals surface area contributed by atoms with E-state index in [0.717, 1.165) is 23.3 Å². The Morgan fingerprint density at radius 1 is 1.32 bits per heavy atom. The van der Waals surface area contributed by atoms with Crippen LogP contribution in [0.2, 0.25) is 0 Å². The van der Waals surface area contributed by atoms with Gasteiger partial charge < -0.3 is 15.4 Å². The zero-order chi connectivity index (χ0) is 20.4. The van der Waals surface area contributed by atoms with Gasteiger partial charge in [-0.2, -0.15) is 5.26 Å². The monoisotopic (exact) mass is 384 g/mol. The van der Waals surface area contributed by atoms with Crippen molar-refractivity contribution in [3.05, 3.63) is 29.8 Å². The van der Waals surface area contributed by atoms with Gasteiger partial charge in [0, 0.05) is 6.42 Å². The molecule has 0 radical (unpaired) electrons. The number of nitrogens with zero attached hydrogens (tertiary/aromatic N) is 2. The predicted octanol–water partition coefficient (Wildman–Crippen LogP) is 1.50. The number of carbonyl (C=O) groups excluding carboxylic acids is 3. The third-order valence-corrected chi connectivity index (χ3v) is 5.43. The summed E-state index contributed by atoms with van der Waals surface area (Å²) >= 11 is 0. The van der Waals surface area contributed by atoms with Gasteiger partial charge in [-0.3, -0.25) is 14.5 Å². The van der Waals surface area contributed by atoms with Crippen molar-refractivity contribution in [2.24, 2.45) is 0 Å². The van der Waals surface area contributed by atoms with Gasteiger partial charge in [0.1, 0.15) is 23.4 Å². The molecule has 0 aromatic heterocycles. The number of methoxy groups -OCH3 is 1. The van der Waals surface area contributed by atoms with Crippen LogP contribution in [0.3, 0.4) is 0 Å². The summed E-state index contributed by atoms with van der Waals surface area (Å²) in [6.07, 6.45) is 3.14. The van der Waals surface area contributed by atoms with Crippen molar-refractivity contribution in [1.29, 1.82) is 5.26 Å². The number of urea groups is 1. The predicted molar refractivity (Wildman–Crippen MR) is 100 cm³/mol. The number of imide groups is 1. The lowest BCUT2D eigenvalue weighted by Gasteiger charge is -2.24. The average Bonchev–Trinajstić information content (AvgIpc) is 3.21. The van der Waals surface area contributed by atoms with Crippen molar-refractivity contribution in [2.45, 2.75) is 50.1 Å². The van der Waals surface area contributed by atoms with Crippen molar-refractivity contribution >= 4 is 17.8 Å². The summed E-state index contributed by atoms with van der Waals surface area (Å²) in [6.45, 7) is 1.22. The molecule has 8 nitrogen and oxygen atoms in total. The molecule has 4 amide bonds. The van der Waals surface area contributed by atoms with Gasteiger partial charge in [0.15, 0.2) is 0 Å². The normalized spacial score (nSPS) is 23.2. The average molecular weight is 384 g/mol. The highest BCUT2D eigenvalue weighted by Gasteiger charge is 2.49. The van der Waals surface area contributed by atoms with Crippen LogP contribution in [0.4, 0.5) is 4.79 Å². The highest BCUT2D eigenvalue weighted by Crippen LogP contribution is 2.30. The second-order valence-electron chi connectivity index (χ2n) is 7.59. The van der Waals surface area contributed by atoms with Crippen molar-refractivity contribution in [3.8, 4) is 11.8 Å². The van der Waals surface area contributed by atoms with Gasteiger partial charge in [0.2, 0.25) is 5.91 Å². The van der Waals surface area contributed by atoms with Gasteiger partial charge in [-0.1, -0.05) is 18.2 Å². The molecule has 1 aliphatic heterocycles. The van der Waals surface area contributed by atoms with Crippen LogP contribution in [0, 0.1) is 11.3 Å². The number of para-hydroxylation sites is 1. The number of hydrogen-bond donors (Lipinski definition) is 2. The fourth-order valence-corrected chi connectivity index (χ4v) is 3.93. The molecule has 28 heavy (non-hydrogen) atoms. The van der Waals surface area contributed by atoms with Crippen LogP contribution in [0.15, 0.2) is 24.3 Å². The summed E-state index contributed by atoms with van der Waals surface area (Å²) in [7, 11) is 1.54. The van der Waals surface area contributed by atoms with Gasteiger partial charge in [-0.25, -0.2) is 4.79 Å². The van der Waals surface area contributed by atoms with Crippen molar-refractivity contribution in [2.75, 3.05) is 13.7 Å². The van der Waals surface area contributed by atoms with Gasteiger partial charge in [0.05, 0.1) is 13.2 Å². The molecule has 1 aromatic rings. The molecule has 1 saturated carbocycles. The van der Waals surface area contributed by atoms with E-state index < -0.39 is 35.5 Å². The summed E-state index contributed by atoms with van der Waals surface area (Å²) in [4.78, 5) is 38.6. The number of nitrogens with one attached hydrogen (secondary N) is 2. The third kappa shape index (κ3) is 3.65. The van der Waals surface area contributed by atoms with Crippen LogP contribution in [0.1, 0.15) is 38.2 Å². The molecule has 148 valence electrons. The largest absolute Gasteiger partial charge is 0.496 e. The van der Waals surface area contributed by atoms with Gasteiger partial charge >= 0.3 is 6.03 Å². The standard InChI is InChI=1S/C20H24N4O4/c1-19(11-14-7-3-4-8-15(14)28-2)17(26)24(18(27)23-19)12-16(25)22-20(13-21)9-5-6-10-20/h3-4,7-8H,5-6,9-12H2,1-2H3,(H,22,25)(H,23,27)/t19-/m1/s1. The Morgan fingerprint density at radius 3 is 2.64 bits per heavy atom. The molecule has 1 saturated heterocycles. The maximum atomic E-state index is 12.9. The topological polar surface area (TPSA) is 112 Å². The molecule has 0 spiro atoms. The van der Waals surface area contributed by atoms with E-state index in [1.54, 1.807) is 20.1 Å². The maximum absolute atomic E-state index is 12.9. The number of nitriles is 1.